The minimum atomic E-state index is -0.516. The molecule has 0 aliphatic heterocycles. The average Bonchev–Trinajstić information content (AvgIpc) is 2.52. The van der Waals surface area contributed by atoms with Gasteiger partial charge in [0.2, 0.25) is 11.8 Å². The topological polar surface area (TPSA) is 70.6 Å². The summed E-state index contributed by atoms with van der Waals surface area (Å²) in [4.78, 5) is 27.3. The highest BCUT2D eigenvalue weighted by Crippen LogP contribution is 2.03. The number of nitrogens with one attached hydrogen (secondary N) is 2. The Morgan fingerprint density at radius 1 is 1.27 bits per heavy atom. The molecule has 5 nitrogen and oxygen atoms in total. The van der Waals surface area contributed by atoms with Gasteiger partial charge in [-0.3, -0.25) is 9.59 Å². The molecular formula is C16H21N3O2S. The lowest BCUT2D eigenvalue weighted by Crippen LogP contribution is -2.45. The van der Waals surface area contributed by atoms with Gasteiger partial charge in [-0.25, -0.2) is 4.99 Å². The monoisotopic (exact) mass is 319 g/mol. The van der Waals surface area contributed by atoms with Gasteiger partial charge in [-0.05, 0) is 37.0 Å². The summed E-state index contributed by atoms with van der Waals surface area (Å²) in [5, 5.41) is 7.85. The molecule has 0 fully saturated rings. The molecule has 22 heavy (non-hydrogen) atoms. The van der Waals surface area contributed by atoms with Crippen molar-refractivity contribution in [3.05, 3.63) is 35.9 Å². The SMILES string of the molecule is CC(=O)N[C@@H](CCCCN=C=S)C(=O)NCc1ccccc1. The Labute approximate surface area is 136 Å². The van der Waals surface area contributed by atoms with Gasteiger partial charge < -0.3 is 10.6 Å². The number of aliphatic imine (C=N–C) groups is 1. The lowest BCUT2D eigenvalue weighted by molar-refractivity contribution is -0.128. The maximum atomic E-state index is 12.2. The second kappa shape index (κ2) is 10.7. The minimum Gasteiger partial charge on any atom is -0.350 e. The fraction of sp³-hybridized carbons (Fsp3) is 0.438. The quantitative estimate of drug-likeness (QED) is 0.416. The van der Waals surface area contributed by atoms with E-state index in [0.717, 1.165) is 18.4 Å². The highest BCUT2D eigenvalue weighted by atomic mass is 32.1. The van der Waals surface area contributed by atoms with Crippen LogP contribution in [0.4, 0.5) is 0 Å². The molecule has 118 valence electrons. The maximum absolute atomic E-state index is 12.2. The number of hydrogen-bond acceptors (Lipinski definition) is 4. The zero-order chi connectivity index (χ0) is 16.2. The van der Waals surface area contributed by atoms with Gasteiger partial charge in [-0.2, -0.15) is 0 Å². The molecule has 0 bridgehead atoms. The largest absolute Gasteiger partial charge is 0.350 e. The fourth-order valence-corrected chi connectivity index (χ4v) is 2.10. The Balaban J connectivity index is 2.45. The molecule has 2 N–H and O–H groups in total. The summed E-state index contributed by atoms with van der Waals surface area (Å²) in [6.45, 7) is 2.46. The highest BCUT2D eigenvalue weighted by molar-refractivity contribution is 7.78. The first-order valence-corrected chi connectivity index (χ1v) is 7.66. The van der Waals surface area contributed by atoms with E-state index in [1.807, 2.05) is 30.3 Å². The van der Waals surface area contributed by atoms with Crippen LogP contribution in [-0.4, -0.2) is 29.6 Å². The van der Waals surface area contributed by atoms with Crippen molar-refractivity contribution in [3.63, 3.8) is 0 Å². The van der Waals surface area contributed by atoms with E-state index in [0.29, 0.717) is 19.5 Å². The van der Waals surface area contributed by atoms with E-state index in [1.54, 1.807) is 0 Å². The summed E-state index contributed by atoms with van der Waals surface area (Å²) in [7, 11) is 0. The van der Waals surface area contributed by atoms with Gasteiger partial charge in [0, 0.05) is 20.0 Å². The Hall–Kier alpha value is -2.04. The van der Waals surface area contributed by atoms with Crippen molar-refractivity contribution in [2.75, 3.05) is 6.54 Å². The molecule has 6 heteroatoms. The third kappa shape index (κ3) is 7.67. The summed E-state index contributed by atoms with van der Waals surface area (Å²) in [6.07, 6.45) is 2.17. The van der Waals surface area contributed by atoms with Crippen molar-refractivity contribution in [2.45, 2.75) is 38.8 Å². The number of amides is 2. The van der Waals surface area contributed by atoms with Gasteiger partial charge in [0.25, 0.3) is 0 Å². The van der Waals surface area contributed by atoms with Crippen molar-refractivity contribution < 1.29 is 9.59 Å². The Kier molecular flexibility index (Phi) is 8.72. The molecule has 0 spiro atoms. The second-order valence-corrected chi connectivity index (χ2v) is 5.11. The van der Waals surface area contributed by atoms with Gasteiger partial charge in [0.15, 0.2) is 0 Å². The smallest absolute Gasteiger partial charge is 0.242 e. The van der Waals surface area contributed by atoms with Gasteiger partial charge in [-0.15, -0.1) is 0 Å². The molecule has 0 heterocycles. The van der Waals surface area contributed by atoms with E-state index in [9.17, 15) is 9.59 Å². The number of carbonyl (C=O) groups excluding carboxylic acids is 2. The van der Waals surface area contributed by atoms with Gasteiger partial charge in [0.1, 0.15) is 6.04 Å². The second-order valence-electron chi connectivity index (χ2n) is 4.93. The molecule has 0 aromatic heterocycles. The molecule has 0 aliphatic rings. The van der Waals surface area contributed by atoms with E-state index in [2.05, 4.69) is 33.0 Å². The van der Waals surface area contributed by atoms with E-state index >= 15 is 0 Å². The third-order valence-corrected chi connectivity index (χ3v) is 3.21. The lowest BCUT2D eigenvalue weighted by Gasteiger charge is -2.17. The van der Waals surface area contributed by atoms with Crippen molar-refractivity contribution in [1.29, 1.82) is 0 Å². The number of isothiocyanates is 1. The normalized spacial score (nSPS) is 11.1. The third-order valence-electron chi connectivity index (χ3n) is 3.08. The number of rotatable bonds is 9. The summed E-state index contributed by atoms with van der Waals surface area (Å²) < 4.78 is 0. The molecule has 1 aromatic carbocycles. The number of nitrogens with zero attached hydrogens (tertiary/aromatic N) is 1. The van der Waals surface area contributed by atoms with E-state index in [4.69, 9.17) is 0 Å². The van der Waals surface area contributed by atoms with Crippen molar-refractivity contribution in [2.24, 2.45) is 4.99 Å². The molecule has 0 saturated heterocycles. The number of unbranched alkanes of at least 4 members (excludes halogenated alkanes) is 1. The van der Waals surface area contributed by atoms with Crippen molar-refractivity contribution >= 4 is 29.2 Å². The van der Waals surface area contributed by atoms with Crippen molar-refractivity contribution in [3.8, 4) is 0 Å². The van der Waals surface area contributed by atoms with Crippen LogP contribution in [0.2, 0.25) is 0 Å². The van der Waals surface area contributed by atoms with Gasteiger partial charge in [-0.1, -0.05) is 30.3 Å². The molecular weight excluding hydrogens is 298 g/mol. The van der Waals surface area contributed by atoms with Crippen LogP contribution in [0.25, 0.3) is 0 Å². The zero-order valence-corrected chi connectivity index (χ0v) is 13.5. The lowest BCUT2D eigenvalue weighted by atomic mass is 10.1. The Morgan fingerprint density at radius 3 is 2.64 bits per heavy atom. The molecule has 0 unspecified atom stereocenters. The van der Waals surface area contributed by atoms with Crippen LogP contribution >= 0.6 is 12.2 Å². The molecule has 1 atom stereocenters. The van der Waals surface area contributed by atoms with Crippen LogP contribution in [-0.2, 0) is 16.1 Å². The number of thiocarbonyl (C=S) groups is 1. The summed E-state index contributed by atoms with van der Waals surface area (Å²) in [6, 6.07) is 9.13. The number of benzene rings is 1. The first-order valence-electron chi connectivity index (χ1n) is 7.26. The molecule has 2 amide bonds. The molecule has 0 saturated carbocycles. The van der Waals surface area contributed by atoms with Crippen LogP contribution in [0.3, 0.4) is 0 Å². The fourth-order valence-electron chi connectivity index (χ4n) is 2.01. The molecule has 1 rings (SSSR count). The van der Waals surface area contributed by atoms with E-state index in [1.165, 1.54) is 6.92 Å². The average molecular weight is 319 g/mol. The van der Waals surface area contributed by atoms with Crippen LogP contribution in [0.15, 0.2) is 35.3 Å². The Bertz CT molecular complexity index is 527. The zero-order valence-electron chi connectivity index (χ0n) is 12.7. The van der Waals surface area contributed by atoms with E-state index in [-0.39, 0.29) is 11.8 Å². The van der Waals surface area contributed by atoms with Gasteiger partial charge in [0.05, 0.1) is 5.16 Å². The van der Waals surface area contributed by atoms with Crippen LogP contribution in [0.5, 0.6) is 0 Å². The van der Waals surface area contributed by atoms with Gasteiger partial charge >= 0.3 is 0 Å². The molecule has 1 aromatic rings. The summed E-state index contributed by atoms with van der Waals surface area (Å²) in [5.41, 5.74) is 1.02. The van der Waals surface area contributed by atoms with Crippen molar-refractivity contribution in [1.82, 2.24) is 10.6 Å². The first kappa shape index (κ1) is 18.0. The van der Waals surface area contributed by atoms with Crippen LogP contribution in [0.1, 0.15) is 31.7 Å². The maximum Gasteiger partial charge on any atom is 0.242 e. The number of hydrogen-bond donors (Lipinski definition) is 2. The predicted octanol–water partition coefficient (Wildman–Crippen LogP) is 2.08. The predicted molar refractivity (Wildman–Crippen MR) is 89.6 cm³/mol. The first-order chi connectivity index (χ1) is 10.6. The Morgan fingerprint density at radius 2 is 2.00 bits per heavy atom. The number of carbonyl (C=O) groups is 2. The van der Waals surface area contributed by atoms with E-state index < -0.39 is 6.04 Å². The summed E-state index contributed by atoms with van der Waals surface area (Å²) >= 11 is 4.49. The minimum absolute atomic E-state index is 0.169. The standard InChI is InChI=1S/C16H21N3O2S/c1-13(20)19-15(9-5-6-10-17-12-22)16(21)18-11-14-7-3-2-4-8-14/h2-4,7-8,15H,5-6,9-11H2,1H3,(H,18,21)(H,19,20)/t15-/m0/s1. The molecule has 0 aliphatic carbocycles. The van der Waals surface area contributed by atoms with Crippen LogP contribution in [0, 0.1) is 0 Å². The summed E-state index contributed by atoms with van der Waals surface area (Å²) in [5.74, 6) is -0.380. The van der Waals surface area contributed by atoms with Crippen LogP contribution < -0.4 is 10.6 Å². The highest BCUT2D eigenvalue weighted by Gasteiger charge is 2.18. The molecule has 0 radical (unpaired) electrons.